The summed E-state index contributed by atoms with van der Waals surface area (Å²) < 4.78 is 0. The van der Waals surface area contributed by atoms with Crippen LogP contribution in [0, 0.1) is 0 Å². The maximum absolute atomic E-state index is 8.93. The Morgan fingerprint density at radius 2 is 1.79 bits per heavy atom. The molecule has 0 amide bonds. The molecule has 2 rings (SSSR count). The molecule has 106 valence electrons. The Morgan fingerprint density at radius 1 is 1.11 bits per heavy atom. The van der Waals surface area contributed by atoms with E-state index in [-0.39, 0.29) is 12.0 Å². The molecule has 1 aromatic heterocycles. The van der Waals surface area contributed by atoms with Crippen molar-refractivity contribution in [3.05, 3.63) is 17.8 Å². The molecule has 2 heterocycles. The average Bonchev–Trinajstić information content (AvgIpc) is 2.39. The van der Waals surface area contributed by atoms with E-state index in [2.05, 4.69) is 52.9 Å². The molecule has 19 heavy (non-hydrogen) atoms. The monoisotopic (exact) mass is 264 g/mol. The minimum absolute atomic E-state index is 0.0470. The molecule has 0 aromatic carbocycles. The fraction of sp³-hybridized carbons (Fsp3) is 0.714. The lowest BCUT2D eigenvalue weighted by Crippen LogP contribution is -2.47. The number of rotatable bonds is 3. The molecule has 1 fully saturated rings. The van der Waals surface area contributed by atoms with Gasteiger partial charge in [-0.3, -0.25) is 4.90 Å². The summed E-state index contributed by atoms with van der Waals surface area (Å²) in [6.45, 7) is 11.3. The molecule has 0 bridgehead atoms. The number of aliphatic hydroxyl groups excluding tert-OH is 1. The first-order valence-corrected chi connectivity index (χ1v) is 6.93. The summed E-state index contributed by atoms with van der Waals surface area (Å²) in [4.78, 5) is 4.53. The van der Waals surface area contributed by atoms with Gasteiger partial charge in [0.15, 0.2) is 5.82 Å². The summed E-state index contributed by atoms with van der Waals surface area (Å²) in [5.41, 5.74) is 1.07. The molecule has 0 atom stereocenters. The Morgan fingerprint density at radius 3 is 2.26 bits per heavy atom. The Hall–Kier alpha value is -1.20. The molecular weight excluding hydrogens is 240 g/mol. The number of anilines is 1. The largest absolute Gasteiger partial charge is 0.395 e. The fourth-order valence-electron chi connectivity index (χ4n) is 2.24. The van der Waals surface area contributed by atoms with Gasteiger partial charge in [-0.1, -0.05) is 20.8 Å². The zero-order valence-electron chi connectivity index (χ0n) is 12.1. The summed E-state index contributed by atoms with van der Waals surface area (Å²) in [5.74, 6) is 0.955. The smallest absolute Gasteiger partial charge is 0.151 e. The number of β-amino-alcohol motifs (C(OH)–C–C–N with tert-alkyl or cyclic N) is 1. The maximum Gasteiger partial charge on any atom is 0.151 e. The van der Waals surface area contributed by atoms with Crippen LogP contribution in [0.4, 0.5) is 5.82 Å². The van der Waals surface area contributed by atoms with Gasteiger partial charge in [-0.15, -0.1) is 5.10 Å². The van der Waals surface area contributed by atoms with Gasteiger partial charge >= 0.3 is 0 Å². The number of aromatic nitrogens is 2. The first-order valence-electron chi connectivity index (χ1n) is 6.93. The normalized spacial score (nSPS) is 17.8. The second-order valence-electron chi connectivity index (χ2n) is 6.08. The second kappa shape index (κ2) is 5.84. The van der Waals surface area contributed by atoms with Crippen LogP contribution in [0.5, 0.6) is 0 Å². The summed E-state index contributed by atoms with van der Waals surface area (Å²) in [6, 6.07) is 4.14. The Balaban J connectivity index is 1.97. The first-order chi connectivity index (χ1) is 9.00. The van der Waals surface area contributed by atoms with E-state index in [1.54, 1.807) is 0 Å². The van der Waals surface area contributed by atoms with E-state index in [4.69, 9.17) is 5.11 Å². The molecule has 1 saturated heterocycles. The van der Waals surface area contributed by atoms with E-state index >= 15 is 0 Å². The minimum Gasteiger partial charge on any atom is -0.395 e. The zero-order chi connectivity index (χ0) is 13.9. The summed E-state index contributed by atoms with van der Waals surface area (Å²) in [6.07, 6.45) is 0. The predicted molar refractivity (Wildman–Crippen MR) is 76.5 cm³/mol. The molecule has 0 radical (unpaired) electrons. The van der Waals surface area contributed by atoms with Gasteiger partial charge in [-0.25, -0.2) is 0 Å². The highest BCUT2D eigenvalue weighted by Crippen LogP contribution is 2.21. The van der Waals surface area contributed by atoms with E-state index < -0.39 is 0 Å². The predicted octanol–water partition coefficient (Wildman–Crippen LogP) is 0.888. The lowest BCUT2D eigenvalue weighted by atomic mass is 9.92. The van der Waals surface area contributed by atoms with Crippen LogP contribution >= 0.6 is 0 Å². The standard InChI is InChI=1S/C14H24N4O/c1-14(2,3)12-4-5-13(16-15-12)18-8-6-17(7-9-18)10-11-19/h4-5,19H,6-11H2,1-3H3. The van der Waals surface area contributed by atoms with E-state index in [1.807, 2.05) is 0 Å². The third-order valence-corrected chi connectivity index (χ3v) is 3.53. The molecule has 5 heteroatoms. The molecule has 0 saturated carbocycles. The quantitative estimate of drug-likeness (QED) is 0.878. The molecular formula is C14H24N4O. The topological polar surface area (TPSA) is 52.5 Å². The van der Waals surface area contributed by atoms with Gasteiger partial charge in [0, 0.05) is 38.1 Å². The van der Waals surface area contributed by atoms with E-state index in [1.165, 1.54) is 0 Å². The van der Waals surface area contributed by atoms with Gasteiger partial charge in [-0.2, -0.15) is 5.10 Å². The summed E-state index contributed by atoms with van der Waals surface area (Å²) >= 11 is 0. The Bertz CT molecular complexity index is 391. The van der Waals surface area contributed by atoms with Gasteiger partial charge in [0.1, 0.15) is 0 Å². The fourth-order valence-corrected chi connectivity index (χ4v) is 2.24. The number of nitrogens with zero attached hydrogens (tertiary/aromatic N) is 4. The molecule has 0 unspecified atom stereocenters. The van der Waals surface area contributed by atoms with E-state index in [0.717, 1.165) is 44.2 Å². The van der Waals surface area contributed by atoms with Crippen molar-refractivity contribution >= 4 is 5.82 Å². The van der Waals surface area contributed by atoms with Crippen LogP contribution < -0.4 is 4.90 Å². The summed E-state index contributed by atoms with van der Waals surface area (Å²) in [5, 5.41) is 17.6. The van der Waals surface area contributed by atoms with Gasteiger partial charge in [0.2, 0.25) is 0 Å². The van der Waals surface area contributed by atoms with Gasteiger partial charge in [0.05, 0.1) is 12.3 Å². The lowest BCUT2D eigenvalue weighted by Gasteiger charge is -2.34. The summed E-state index contributed by atoms with van der Waals surface area (Å²) in [7, 11) is 0. The van der Waals surface area contributed by atoms with Crippen molar-refractivity contribution in [1.29, 1.82) is 0 Å². The van der Waals surface area contributed by atoms with Crippen LogP contribution in [0.2, 0.25) is 0 Å². The van der Waals surface area contributed by atoms with Crippen molar-refractivity contribution in [2.45, 2.75) is 26.2 Å². The molecule has 1 aromatic rings. The molecule has 5 nitrogen and oxygen atoms in total. The molecule has 1 N–H and O–H groups in total. The van der Waals surface area contributed by atoms with E-state index in [0.29, 0.717) is 0 Å². The third kappa shape index (κ3) is 3.64. The number of aliphatic hydroxyl groups is 1. The van der Waals surface area contributed by atoms with Gasteiger partial charge < -0.3 is 10.0 Å². The number of piperazine rings is 1. The third-order valence-electron chi connectivity index (χ3n) is 3.53. The highest BCUT2D eigenvalue weighted by molar-refractivity contribution is 5.38. The highest BCUT2D eigenvalue weighted by atomic mass is 16.3. The second-order valence-corrected chi connectivity index (χ2v) is 6.08. The van der Waals surface area contributed by atoms with Gasteiger partial charge in [0.25, 0.3) is 0 Å². The van der Waals surface area contributed by atoms with Crippen molar-refractivity contribution in [1.82, 2.24) is 15.1 Å². The van der Waals surface area contributed by atoms with Crippen molar-refractivity contribution in [2.75, 3.05) is 44.2 Å². The Kier molecular flexibility index (Phi) is 4.37. The van der Waals surface area contributed by atoms with Crippen LogP contribution in [0.25, 0.3) is 0 Å². The van der Waals surface area contributed by atoms with Crippen LogP contribution in [-0.4, -0.2) is 59.5 Å². The minimum atomic E-state index is 0.0470. The highest BCUT2D eigenvalue weighted by Gasteiger charge is 2.20. The molecule has 1 aliphatic heterocycles. The van der Waals surface area contributed by atoms with E-state index in [9.17, 15) is 0 Å². The van der Waals surface area contributed by atoms with Crippen molar-refractivity contribution < 1.29 is 5.11 Å². The zero-order valence-corrected chi connectivity index (χ0v) is 12.1. The Labute approximate surface area is 115 Å². The molecule has 0 aliphatic carbocycles. The molecule has 1 aliphatic rings. The molecule has 0 spiro atoms. The van der Waals surface area contributed by atoms with Crippen molar-refractivity contribution in [3.8, 4) is 0 Å². The average molecular weight is 264 g/mol. The lowest BCUT2D eigenvalue weighted by molar-refractivity contribution is 0.188. The van der Waals surface area contributed by atoms with Crippen LogP contribution in [-0.2, 0) is 5.41 Å². The maximum atomic E-state index is 8.93. The van der Waals surface area contributed by atoms with Crippen molar-refractivity contribution in [3.63, 3.8) is 0 Å². The SMILES string of the molecule is CC(C)(C)c1ccc(N2CCN(CCO)CC2)nn1. The first kappa shape index (κ1) is 14.2. The van der Waals surface area contributed by atoms with Gasteiger partial charge in [-0.05, 0) is 12.1 Å². The number of hydrogen-bond acceptors (Lipinski definition) is 5. The number of hydrogen-bond donors (Lipinski definition) is 1. The van der Waals surface area contributed by atoms with Crippen LogP contribution in [0.1, 0.15) is 26.5 Å². The van der Waals surface area contributed by atoms with Crippen LogP contribution in [0.3, 0.4) is 0 Å². The van der Waals surface area contributed by atoms with Crippen molar-refractivity contribution in [2.24, 2.45) is 0 Å². The van der Waals surface area contributed by atoms with Crippen LogP contribution in [0.15, 0.2) is 12.1 Å².